The van der Waals surface area contributed by atoms with Crippen molar-refractivity contribution in [3.8, 4) is 5.75 Å². The molecule has 1 fully saturated rings. The molecule has 1 aliphatic heterocycles. The molecule has 1 aliphatic rings. The smallest absolute Gasteiger partial charge is 0.255 e. The van der Waals surface area contributed by atoms with E-state index in [1.54, 1.807) is 7.11 Å². The number of ether oxygens (including phenoxy) is 1. The molecular formula is C26H30N4O3. The van der Waals surface area contributed by atoms with Crippen molar-refractivity contribution in [2.45, 2.75) is 20.8 Å². The van der Waals surface area contributed by atoms with Crippen molar-refractivity contribution in [2.24, 2.45) is 0 Å². The van der Waals surface area contributed by atoms with E-state index in [9.17, 15) is 9.59 Å². The Bertz CT molecular complexity index is 1180. The molecule has 0 unspecified atom stereocenters. The zero-order valence-electron chi connectivity index (χ0n) is 19.6. The summed E-state index contributed by atoms with van der Waals surface area (Å²) in [4.78, 5) is 34.3. The van der Waals surface area contributed by atoms with Crippen LogP contribution in [0, 0.1) is 20.8 Å². The number of hydrogen-bond donors (Lipinski definition) is 1. The Hall–Kier alpha value is -3.45. The Labute approximate surface area is 194 Å². The van der Waals surface area contributed by atoms with Crippen LogP contribution in [-0.4, -0.2) is 66.4 Å². The molecule has 1 saturated heterocycles. The fourth-order valence-electron chi connectivity index (χ4n) is 4.26. The van der Waals surface area contributed by atoms with Gasteiger partial charge in [0.15, 0.2) is 0 Å². The number of pyridine rings is 1. The molecule has 1 aromatic heterocycles. The number of aryl methyl sites for hydroxylation is 3. The predicted octanol–water partition coefficient (Wildman–Crippen LogP) is 3.57. The Morgan fingerprint density at radius 3 is 2.36 bits per heavy atom. The number of benzene rings is 2. The molecular weight excluding hydrogens is 416 g/mol. The summed E-state index contributed by atoms with van der Waals surface area (Å²) >= 11 is 0. The number of nitrogens with one attached hydrogen (secondary N) is 1. The number of piperazine rings is 1. The number of anilines is 1. The minimum Gasteiger partial charge on any atom is -0.497 e. The van der Waals surface area contributed by atoms with E-state index < -0.39 is 0 Å². The van der Waals surface area contributed by atoms with E-state index in [2.05, 4.69) is 15.2 Å². The largest absolute Gasteiger partial charge is 0.497 e. The van der Waals surface area contributed by atoms with Crippen LogP contribution in [0.15, 0.2) is 42.5 Å². The molecule has 0 aliphatic carbocycles. The summed E-state index contributed by atoms with van der Waals surface area (Å²) in [6.45, 7) is 8.63. The van der Waals surface area contributed by atoms with E-state index in [-0.39, 0.29) is 11.8 Å². The van der Waals surface area contributed by atoms with Gasteiger partial charge in [-0.1, -0.05) is 18.2 Å². The average Bonchev–Trinajstić information content (AvgIpc) is 2.80. The predicted molar refractivity (Wildman–Crippen MR) is 130 cm³/mol. The lowest BCUT2D eigenvalue weighted by atomic mass is 10.1. The summed E-state index contributed by atoms with van der Waals surface area (Å²) in [5.74, 6) is 0.695. The Morgan fingerprint density at radius 2 is 1.70 bits per heavy atom. The van der Waals surface area contributed by atoms with Gasteiger partial charge in [-0.2, -0.15) is 0 Å². The second-order valence-corrected chi connectivity index (χ2v) is 8.56. The minimum atomic E-state index is -0.0304. The minimum absolute atomic E-state index is 0.0163. The van der Waals surface area contributed by atoms with Crippen LogP contribution in [0.2, 0.25) is 0 Å². The highest BCUT2D eigenvalue weighted by Crippen LogP contribution is 2.23. The highest BCUT2D eigenvalue weighted by atomic mass is 16.5. The van der Waals surface area contributed by atoms with Crippen LogP contribution in [0.4, 0.5) is 5.69 Å². The molecule has 0 radical (unpaired) electrons. The number of amides is 2. The van der Waals surface area contributed by atoms with Crippen LogP contribution >= 0.6 is 0 Å². The van der Waals surface area contributed by atoms with Gasteiger partial charge in [0.2, 0.25) is 5.91 Å². The molecule has 0 atom stereocenters. The lowest BCUT2D eigenvalue weighted by Crippen LogP contribution is -2.50. The first kappa shape index (κ1) is 22.7. The number of nitrogens with zero attached hydrogens (tertiary/aromatic N) is 3. The van der Waals surface area contributed by atoms with E-state index in [1.807, 2.05) is 68.1 Å². The number of aromatic nitrogens is 1. The van der Waals surface area contributed by atoms with Gasteiger partial charge in [-0.25, -0.2) is 0 Å². The van der Waals surface area contributed by atoms with Crippen LogP contribution in [0.5, 0.6) is 5.75 Å². The summed E-state index contributed by atoms with van der Waals surface area (Å²) in [5.41, 5.74) is 5.12. The number of hydrogen-bond acceptors (Lipinski definition) is 5. The third kappa shape index (κ3) is 4.98. The summed E-state index contributed by atoms with van der Waals surface area (Å²) in [6, 6.07) is 13.5. The maximum absolute atomic E-state index is 13.2. The van der Waals surface area contributed by atoms with E-state index in [1.165, 1.54) is 0 Å². The van der Waals surface area contributed by atoms with Crippen molar-refractivity contribution in [3.05, 3.63) is 64.8 Å². The maximum atomic E-state index is 13.2. The van der Waals surface area contributed by atoms with Crippen molar-refractivity contribution in [1.29, 1.82) is 0 Å². The molecule has 3 aromatic rings. The fourth-order valence-corrected chi connectivity index (χ4v) is 4.26. The highest BCUT2D eigenvalue weighted by Gasteiger charge is 2.25. The monoisotopic (exact) mass is 446 g/mol. The van der Waals surface area contributed by atoms with E-state index in [4.69, 9.17) is 4.74 Å². The average molecular weight is 447 g/mol. The van der Waals surface area contributed by atoms with Gasteiger partial charge in [-0.15, -0.1) is 0 Å². The molecule has 33 heavy (non-hydrogen) atoms. The molecule has 0 saturated carbocycles. The number of carbonyl (C=O) groups is 2. The Balaban J connectivity index is 1.37. The van der Waals surface area contributed by atoms with Crippen LogP contribution in [0.3, 0.4) is 0 Å². The summed E-state index contributed by atoms with van der Waals surface area (Å²) < 4.78 is 5.27. The van der Waals surface area contributed by atoms with Gasteiger partial charge in [-0.05, 0) is 50.1 Å². The number of para-hydroxylation sites is 1. The van der Waals surface area contributed by atoms with Gasteiger partial charge >= 0.3 is 0 Å². The van der Waals surface area contributed by atoms with Crippen molar-refractivity contribution in [1.82, 2.24) is 14.8 Å². The van der Waals surface area contributed by atoms with E-state index in [0.717, 1.165) is 33.5 Å². The second kappa shape index (κ2) is 9.58. The third-order valence-corrected chi connectivity index (χ3v) is 6.22. The van der Waals surface area contributed by atoms with Crippen molar-refractivity contribution >= 4 is 28.4 Å². The topological polar surface area (TPSA) is 74.8 Å². The lowest BCUT2D eigenvalue weighted by Gasteiger charge is -2.34. The second-order valence-electron chi connectivity index (χ2n) is 8.56. The van der Waals surface area contributed by atoms with Gasteiger partial charge in [0, 0.05) is 43.3 Å². The number of fused-ring (bicyclic) bond motifs is 1. The molecule has 2 heterocycles. The molecule has 172 valence electrons. The zero-order valence-corrected chi connectivity index (χ0v) is 19.6. The van der Waals surface area contributed by atoms with Crippen molar-refractivity contribution < 1.29 is 14.3 Å². The SMILES string of the molecule is COc1ccc2cc(C(=O)N3CCN(CC(=O)Nc4c(C)cccc4C)CC3)c(C)nc2c1. The summed E-state index contributed by atoms with van der Waals surface area (Å²) in [5, 5.41) is 3.95. The van der Waals surface area contributed by atoms with Crippen LogP contribution in [-0.2, 0) is 4.79 Å². The van der Waals surface area contributed by atoms with E-state index in [0.29, 0.717) is 44.0 Å². The summed E-state index contributed by atoms with van der Waals surface area (Å²) in [7, 11) is 1.62. The molecule has 7 nitrogen and oxygen atoms in total. The van der Waals surface area contributed by atoms with Crippen LogP contribution < -0.4 is 10.1 Å². The van der Waals surface area contributed by atoms with Gasteiger partial charge in [-0.3, -0.25) is 19.5 Å². The number of rotatable bonds is 5. The molecule has 1 N–H and O–H groups in total. The van der Waals surface area contributed by atoms with Gasteiger partial charge in [0.1, 0.15) is 5.75 Å². The number of carbonyl (C=O) groups excluding carboxylic acids is 2. The summed E-state index contributed by atoms with van der Waals surface area (Å²) in [6.07, 6.45) is 0. The first-order valence-corrected chi connectivity index (χ1v) is 11.2. The third-order valence-electron chi connectivity index (χ3n) is 6.22. The fraction of sp³-hybridized carbons (Fsp3) is 0.346. The van der Waals surface area contributed by atoms with Crippen molar-refractivity contribution in [2.75, 3.05) is 45.2 Å². The van der Waals surface area contributed by atoms with E-state index >= 15 is 0 Å². The Kier molecular flexibility index (Phi) is 6.60. The van der Waals surface area contributed by atoms with Crippen molar-refractivity contribution in [3.63, 3.8) is 0 Å². The zero-order chi connectivity index (χ0) is 23.5. The van der Waals surface area contributed by atoms with Gasteiger partial charge < -0.3 is 15.0 Å². The first-order valence-electron chi connectivity index (χ1n) is 11.2. The first-order chi connectivity index (χ1) is 15.9. The molecule has 0 spiro atoms. The highest BCUT2D eigenvalue weighted by molar-refractivity contribution is 5.99. The maximum Gasteiger partial charge on any atom is 0.255 e. The van der Waals surface area contributed by atoms with Crippen LogP contribution in [0.1, 0.15) is 27.2 Å². The van der Waals surface area contributed by atoms with Gasteiger partial charge in [0.25, 0.3) is 5.91 Å². The standard InChI is InChI=1S/C26H30N4O3/c1-17-6-5-7-18(2)25(17)28-24(31)16-29-10-12-30(13-11-29)26(32)22-14-20-8-9-21(33-4)15-23(20)27-19(22)3/h5-9,14-15H,10-13,16H2,1-4H3,(H,28,31). The molecule has 2 amide bonds. The lowest BCUT2D eigenvalue weighted by molar-refractivity contribution is -0.117. The molecule has 7 heteroatoms. The van der Waals surface area contributed by atoms with Crippen LogP contribution in [0.25, 0.3) is 10.9 Å². The molecule has 4 rings (SSSR count). The number of methoxy groups -OCH3 is 1. The Morgan fingerprint density at radius 1 is 1.00 bits per heavy atom. The van der Waals surface area contributed by atoms with Gasteiger partial charge in [0.05, 0.1) is 30.4 Å². The molecule has 0 bridgehead atoms. The molecule has 2 aromatic carbocycles. The normalized spacial score (nSPS) is 14.4. The quantitative estimate of drug-likeness (QED) is 0.649.